The summed E-state index contributed by atoms with van der Waals surface area (Å²) < 4.78 is 0. The minimum absolute atomic E-state index is 0.777. The predicted molar refractivity (Wildman–Crippen MR) is 72.3 cm³/mol. The van der Waals surface area contributed by atoms with Crippen LogP contribution in [0.4, 0.5) is 0 Å². The highest BCUT2D eigenvalue weighted by Gasteiger charge is 2.37. The summed E-state index contributed by atoms with van der Waals surface area (Å²) in [5, 5.41) is 1.48. The van der Waals surface area contributed by atoms with Crippen molar-refractivity contribution in [2.75, 3.05) is 0 Å². The molecule has 0 unspecified atom stereocenters. The highest BCUT2D eigenvalue weighted by molar-refractivity contribution is 7.45. The fourth-order valence-corrected chi connectivity index (χ4v) is 6.38. The third kappa shape index (κ3) is 2.47. The van der Waals surface area contributed by atoms with Gasteiger partial charge in [-0.25, -0.2) is 0 Å². The molecule has 0 N–H and O–H groups in total. The Kier molecular flexibility index (Phi) is 3.35. The maximum atomic E-state index is 10.6. The van der Waals surface area contributed by atoms with Crippen LogP contribution in [0.5, 0.6) is 0 Å². The van der Waals surface area contributed by atoms with Crippen molar-refractivity contribution in [3.05, 3.63) is 29.8 Å². The molecule has 0 fully saturated rings. The van der Waals surface area contributed by atoms with E-state index in [1.54, 1.807) is 0 Å². The van der Waals surface area contributed by atoms with E-state index >= 15 is 0 Å². The van der Waals surface area contributed by atoms with Crippen molar-refractivity contribution < 1.29 is 4.79 Å². The molecule has 0 spiro atoms. The quantitative estimate of drug-likeness (QED) is 0.583. The van der Waals surface area contributed by atoms with Crippen LogP contribution >= 0.6 is 0 Å². The van der Waals surface area contributed by atoms with Crippen LogP contribution in [-0.4, -0.2) is 21.5 Å². The smallest absolute Gasteiger partial charge is 0.150 e. The van der Waals surface area contributed by atoms with Crippen molar-refractivity contribution in [2.45, 2.75) is 32.7 Å². The molecule has 0 aliphatic carbocycles. The largest absolute Gasteiger partial charge is 0.298 e. The van der Waals surface area contributed by atoms with E-state index < -0.39 is 15.2 Å². The molecule has 1 aromatic rings. The second-order valence-electron chi connectivity index (χ2n) is 5.61. The van der Waals surface area contributed by atoms with Gasteiger partial charge in [-0.1, -0.05) is 62.2 Å². The first-order valence-electron chi connectivity index (χ1n) is 5.35. The van der Waals surface area contributed by atoms with Crippen molar-refractivity contribution in [3.63, 3.8) is 0 Å². The summed E-state index contributed by atoms with van der Waals surface area (Å²) in [4.78, 5) is 10.6. The van der Waals surface area contributed by atoms with E-state index in [0.717, 1.165) is 11.8 Å². The first kappa shape index (κ1) is 12.4. The minimum atomic E-state index is -1.29. The first-order chi connectivity index (χ1) is 6.79. The van der Waals surface area contributed by atoms with Crippen LogP contribution in [0, 0.1) is 0 Å². The fraction of sp³-hybridized carbons (Fsp3) is 0.417. The Morgan fingerprint density at radius 3 is 1.73 bits per heavy atom. The molecule has 3 heteroatoms. The second-order valence-corrected chi connectivity index (χ2v) is 22.2. The third-order valence-corrected chi connectivity index (χ3v) is 21.3. The molecule has 0 aliphatic rings. The molecular weight excluding hydrogens is 216 g/mol. The molecule has 1 rings (SSSR count). The Labute approximate surface area is 94.3 Å². The summed E-state index contributed by atoms with van der Waals surface area (Å²) in [5.74, 6) is 0. The van der Waals surface area contributed by atoms with Gasteiger partial charge in [-0.15, -0.1) is 0 Å². The van der Waals surface area contributed by atoms with E-state index in [4.69, 9.17) is 0 Å². The van der Waals surface area contributed by atoms with Gasteiger partial charge < -0.3 is 0 Å². The van der Waals surface area contributed by atoms with Gasteiger partial charge >= 0.3 is 0 Å². The number of carbonyl (C=O) groups excluding carboxylic acids is 1. The number of rotatable bonds is 3. The lowest BCUT2D eigenvalue weighted by Crippen LogP contribution is -2.61. The van der Waals surface area contributed by atoms with Gasteiger partial charge in [-0.3, -0.25) is 4.79 Å². The van der Waals surface area contributed by atoms with Gasteiger partial charge in [-0.05, 0) is 0 Å². The first-order valence-corrected chi connectivity index (χ1v) is 12.8. The molecule has 0 heterocycles. The van der Waals surface area contributed by atoms with Crippen molar-refractivity contribution in [3.8, 4) is 0 Å². The summed E-state index contributed by atoms with van der Waals surface area (Å²) in [7, 11) is -2.40. The topological polar surface area (TPSA) is 17.1 Å². The summed E-state index contributed by atoms with van der Waals surface area (Å²) in [5.41, 5.74) is 0.777. The number of benzene rings is 1. The van der Waals surface area contributed by atoms with Crippen molar-refractivity contribution >= 4 is 26.7 Å². The van der Waals surface area contributed by atoms with Crippen molar-refractivity contribution in [1.82, 2.24) is 0 Å². The summed E-state index contributed by atoms with van der Waals surface area (Å²) in [6.45, 7) is 12.2. The van der Waals surface area contributed by atoms with Gasteiger partial charge in [-0.2, -0.15) is 0 Å². The van der Waals surface area contributed by atoms with Gasteiger partial charge in [0.1, 0.15) is 6.29 Å². The Bertz CT molecular complexity index is 347. The van der Waals surface area contributed by atoms with Crippen LogP contribution in [-0.2, 0) is 0 Å². The summed E-state index contributed by atoms with van der Waals surface area (Å²) >= 11 is 0. The Balaban J connectivity index is 3.11. The van der Waals surface area contributed by atoms with Gasteiger partial charge in [0.25, 0.3) is 0 Å². The summed E-state index contributed by atoms with van der Waals surface area (Å²) in [6.07, 6.45) is 0.910. The Morgan fingerprint density at radius 1 is 0.933 bits per heavy atom. The zero-order valence-corrected chi connectivity index (χ0v) is 12.3. The number of carbonyl (C=O) groups is 1. The summed E-state index contributed by atoms with van der Waals surface area (Å²) in [6, 6.07) is 8.18. The van der Waals surface area contributed by atoms with Gasteiger partial charge in [0.05, 0.1) is 7.59 Å². The van der Waals surface area contributed by atoms with Gasteiger partial charge in [0, 0.05) is 13.2 Å². The lowest BCUT2D eigenvalue weighted by Gasteiger charge is -2.35. The van der Waals surface area contributed by atoms with Crippen LogP contribution in [0.25, 0.3) is 0 Å². The third-order valence-electron chi connectivity index (χ3n) is 3.64. The standard InChI is InChI=1S/C12H20OSi2/c1-14(2,3)15(4,5)12-8-6-11(10-13)7-9-12/h6-10H,1-5H3. The molecule has 0 aliphatic heterocycles. The highest BCUT2D eigenvalue weighted by atomic mass is 29.3. The molecule has 0 bridgehead atoms. The average molecular weight is 236 g/mol. The predicted octanol–water partition coefficient (Wildman–Crippen LogP) is 2.83. The normalized spacial score (nSPS) is 12.6. The van der Waals surface area contributed by atoms with E-state index in [1.807, 2.05) is 12.1 Å². The molecule has 15 heavy (non-hydrogen) atoms. The lowest BCUT2D eigenvalue weighted by molar-refractivity contribution is 0.112. The van der Waals surface area contributed by atoms with Crippen LogP contribution in [0.3, 0.4) is 0 Å². The van der Waals surface area contributed by atoms with Crippen LogP contribution in [0.1, 0.15) is 10.4 Å². The molecule has 0 amide bonds. The molecule has 0 atom stereocenters. The zero-order chi connectivity index (χ0) is 11.7. The van der Waals surface area contributed by atoms with Crippen LogP contribution < -0.4 is 5.19 Å². The Hall–Kier alpha value is -0.676. The molecule has 1 nitrogen and oxygen atoms in total. The Morgan fingerprint density at radius 2 is 1.40 bits per heavy atom. The van der Waals surface area contributed by atoms with Gasteiger partial charge in [0.2, 0.25) is 0 Å². The molecule has 0 saturated heterocycles. The lowest BCUT2D eigenvalue weighted by atomic mass is 10.2. The number of hydrogen-bond acceptors (Lipinski definition) is 1. The zero-order valence-electron chi connectivity index (χ0n) is 10.3. The maximum absolute atomic E-state index is 10.6. The number of hydrogen-bond donors (Lipinski definition) is 0. The highest BCUT2D eigenvalue weighted by Crippen LogP contribution is 2.18. The number of aldehydes is 1. The average Bonchev–Trinajstić information content (AvgIpc) is 2.16. The molecule has 0 radical (unpaired) electrons. The van der Waals surface area contributed by atoms with Crippen molar-refractivity contribution in [2.24, 2.45) is 0 Å². The maximum Gasteiger partial charge on any atom is 0.150 e. The van der Waals surface area contributed by atoms with Crippen molar-refractivity contribution in [1.29, 1.82) is 0 Å². The SMILES string of the molecule is C[Si](C)(C)[Si](C)(C)c1ccc(C=O)cc1. The minimum Gasteiger partial charge on any atom is -0.298 e. The molecule has 0 aromatic heterocycles. The van der Waals surface area contributed by atoms with E-state index in [1.165, 1.54) is 5.19 Å². The van der Waals surface area contributed by atoms with Gasteiger partial charge in [0.15, 0.2) is 0 Å². The molecule has 0 saturated carbocycles. The molecule has 82 valence electrons. The monoisotopic (exact) mass is 236 g/mol. The molecule has 1 aromatic carbocycles. The van der Waals surface area contributed by atoms with E-state index in [0.29, 0.717) is 0 Å². The van der Waals surface area contributed by atoms with Crippen LogP contribution in [0.15, 0.2) is 24.3 Å². The van der Waals surface area contributed by atoms with Crippen LogP contribution in [0.2, 0.25) is 32.7 Å². The fourth-order valence-electron chi connectivity index (χ4n) is 1.41. The van der Waals surface area contributed by atoms with E-state index in [2.05, 4.69) is 44.9 Å². The second kappa shape index (κ2) is 4.06. The van der Waals surface area contributed by atoms with E-state index in [-0.39, 0.29) is 0 Å². The molecular formula is C12H20OSi2. The van der Waals surface area contributed by atoms with E-state index in [9.17, 15) is 4.79 Å².